The summed E-state index contributed by atoms with van der Waals surface area (Å²) in [5.74, 6) is 0.283. The molecule has 118 valence electrons. The third-order valence-electron chi connectivity index (χ3n) is 3.60. The summed E-state index contributed by atoms with van der Waals surface area (Å²) in [4.78, 5) is -0.0564. The second kappa shape index (κ2) is 5.96. The first-order valence-electron chi connectivity index (χ1n) is 6.87. The van der Waals surface area contributed by atoms with Gasteiger partial charge in [-0.25, -0.2) is 8.42 Å². The minimum atomic E-state index is -4.46. The molecule has 1 atom stereocenters. The van der Waals surface area contributed by atoms with Crippen LogP contribution in [0.5, 0.6) is 0 Å². The van der Waals surface area contributed by atoms with Gasteiger partial charge in [0, 0.05) is 6.04 Å². The van der Waals surface area contributed by atoms with Crippen molar-refractivity contribution in [2.45, 2.75) is 36.9 Å². The first-order chi connectivity index (χ1) is 9.74. The van der Waals surface area contributed by atoms with E-state index in [-0.39, 0.29) is 16.7 Å². The fraction of sp³-hybridized carbons (Fsp3) is 0.571. The summed E-state index contributed by atoms with van der Waals surface area (Å²) in [5.41, 5.74) is -0.841. The summed E-state index contributed by atoms with van der Waals surface area (Å²) in [5, 5.41) is 3.15. The molecule has 0 aromatic heterocycles. The molecule has 0 amide bonds. The van der Waals surface area contributed by atoms with Crippen molar-refractivity contribution < 1.29 is 21.6 Å². The molecule has 1 aromatic rings. The molecule has 0 radical (unpaired) electrons. The van der Waals surface area contributed by atoms with Crippen LogP contribution in [0.2, 0.25) is 0 Å². The lowest BCUT2D eigenvalue weighted by atomic mass is 10.2. The lowest BCUT2D eigenvalue weighted by molar-refractivity contribution is -0.137. The number of nitrogens with one attached hydrogen (secondary N) is 1. The Balaban J connectivity index is 2.15. The Morgan fingerprint density at radius 2 is 1.81 bits per heavy atom. The van der Waals surface area contributed by atoms with Gasteiger partial charge in [0.25, 0.3) is 0 Å². The van der Waals surface area contributed by atoms with Crippen molar-refractivity contribution in [3.05, 3.63) is 29.8 Å². The Morgan fingerprint density at radius 1 is 1.24 bits per heavy atom. The predicted molar refractivity (Wildman–Crippen MR) is 73.7 cm³/mol. The normalized spacial score (nSPS) is 17.7. The van der Waals surface area contributed by atoms with E-state index in [1.807, 2.05) is 6.92 Å². The summed E-state index contributed by atoms with van der Waals surface area (Å²) in [6.45, 7) is 2.57. The monoisotopic (exact) mass is 321 g/mol. The molecule has 21 heavy (non-hydrogen) atoms. The summed E-state index contributed by atoms with van der Waals surface area (Å²) < 4.78 is 62.0. The van der Waals surface area contributed by atoms with Crippen LogP contribution in [0.15, 0.2) is 29.2 Å². The first kappa shape index (κ1) is 16.3. The maximum absolute atomic E-state index is 12.5. The van der Waals surface area contributed by atoms with Gasteiger partial charge in [0.05, 0.1) is 16.2 Å². The second-order valence-corrected chi connectivity index (χ2v) is 7.34. The van der Waals surface area contributed by atoms with Crippen LogP contribution in [-0.4, -0.2) is 26.8 Å². The molecule has 7 heteroatoms. The summed E-state index contributed by atoms with van der Waals surface area (Å²) in [6, 6.07) is 3.57. The van der Waals surface area contributed by atoms with Gasteiger partial charge in [0.1, 0.15) is 0 Å². The average molecular weight is 321 g/mol. The van der Waals surface area contributed by atoms with Gasteiger partial charge in [0.15, 0.2) is 9.84 Å². The number of benzene rings is 1. The van der Waals surface area contributed by atoms with E-state index in [2.05, 4.69) is 5.32 Å². The number of halogens is 3. The highest BCUT2D eigenvalue weighted by atomic mass is 32.2. The van der Waals surface area contributed by atoms with Crippen LogP contribution in [0, 0.1) is 5.92 Å². The molecule has 0 saturated heterocycles. The van der Waals surface area contributed by atoms with Crippen molar-refractivity contribution in [1.82, 2.24) is 5.32 Å². The molecule has 1 N–H and O–H groups in total. The summed E-state index contributed by atoms with van der Waals surface area (Å²) in [6.07, 6.45) is -2.46. The predicted octanol–water partition coefficient (Wildman–Crippen LogP) is 2.87. The zero-order valence-corrected chi connectivity index (χ0v) is 12.5. The zero-order chi connectivity index (χ0) is 15.7. The standard InChI is InChI=1S/C14H18F3NO2S/c1-2-18-13(10-3-4-10)9-21(19,20)12-7-5-11(6-8-12)14(15,16)17/h5-8,10,13,18H,2-4,9H2,1H3. The van der Waals surface area contributed by atoms with Crippen LogP contribution in [0.1, 0.15) is 25.3 Å². The van der Waals surface area contributed by atoms with Gasteiger partial charge in [-0.3, -0.25) is 0 Å². The molecule has 0 heterocycles. The quantitative estimate of drug-likeness (QED) is 0.876. The lowest BCUT2D eigenvalue weighted by Gasteiger charge is -2.17. The number of hydrogen-bond donors (Lipinski definition) is 1. The minimum Gasteiger partial charge on any atom is -0.313 e. The Kier molecular flexibility index (Phi) is 4.63. The maximum atomic E-state index is 12.5. The Labute approximate surface area is 122 Å². The topological polar surface area (TPSA) is 46.2 Å². The van der Waals surface area contributed by atoms with Gasteiger partial charge in [-0.1, -0.05) is 6.92 Å². The van der Waals surface area contributed by atoms with Crippen LogP contribution in [0.3, 0.4) is 0 Å². The smallest absolute Gasteiger partial charge is 0.313 e. The molecule has 1 unspecified atom stereocenters. The summed E-state index contributed by atoms with van der Waals surface area (Å²) >= 11 is 0. The highest BCUT2D eigenvalue weighted by molar-refractivity contribution is 7.91. The third kappa shape index (κ3) is 4.20. The van der Waals surface area contributed by atoms with Crippen molar-refractivity contribution in [3.8, 4) is 0 Å². The molecule has 0 bridgehead atoms. The van der Waals surface area contributed by atoms with Crippen LogP contribution in [0.25, 0.3) is 0 Å². The largest absolute Gasteiger partial charge is 0.416 e. The van der Waals surface area contributed by atoms with E-state index >= 15 is 0 Å². The van der Waals surface area contributed by atoms with Gasteiger partial charge in [-0.15, -0.1) is 0 Å². The molecule has 3 nitrogen and oxygen atoms in total. The molecular formula is C14H18F3NO2S. The number of rotatable bonds is 6. The average Bonchev–Trinajstić information content (AvgIpc) is 3.21. The third-order valence-corrected chi connectivity index (χ3v) is 5.39. The molecule has 1 aliphatic carbocycles. The van der Waals surface area contributed by atoms with E-state index in [4.69, 9.17) is 0 Å². The van der Waals surface area contributed by atoms with Crippen LogP contribution >= 0.6 is 0 Å². The van der Waals surface area contributed by atoms with Crippen molar-refractivity contribution in [1.29, 1.82) is 0 Å². The van der Waals surface area contributed by atoms with E-state index < -0.39 is 21.6 Å². The van der Waals surface area contributed by atoms with Crippen LogP contribution in [0.4, 0.5) is 13.2 Å². The SMILES string of the molecule is CCNC(CS(=O)(=O)c1ccc(C(F)(F)F)cc1)C1CC1. The Morgan fingerprint density at radius 3 is 2.24 bits per heavy atom. The highest BCUT2D eigenvalue weighted by Gasteiger charge is 2.35. The molecule has 1 fully saturated rings. The fourth-order valence-electron chi connectivity index (χ4n) is 2.31. The van der Waals surface area contributed by atoms with E-state index in [9.17, 15) is 21.6 Å². The molecule has 0 spiro atoms. The molecule has 1 aromatic carbocycles. The molecule has 2 rings (SSSR count). The van der Waals surface area contributed by atoms with Crippen molar-refractivity contribution in [2.24, 2.45) is 5.92 Å². The van der Waals surface area contributed by atoms with Gasteiger partial charge in [-0.2, -0.15) is 13.2 Å². The Hall–Kier alpha value is -1.08. The van der Waals surface area contributed by atoms with Crippen molar-refractivity contribution in [3.63, 3.8) is 0 Å². The van der Waals surface area contributed by atoms with Gasteiger partial charge < -0.3 is 5.32 Å². The second-order valence-electron chi connectivity index (χ2n) is 5.31. The molecule has 1 aliphatic rings. The van der Waals surface area contributed by atoms with Crippen molar-refractivity contribution in [2.75, 3.05) is 12.3 Å². The number of hydrogen-bond acceptors (Lipinski definition) is 3. The van der Waals surface area contributed by atoms with Crippen molar-refractivity contribution >= 4 is 9.84 Å². The van der Waals surface area contributed by atoms with E-state index in [0.717, 1.165) is 37.1 Å². The van der Waals surface area contributed by atoms with Crippen LogP contribution < -0.4 is 5.32 Å². The molecule has 0 aliphatic heterocycles. The number of alkyl halides is 3. The van der Waals surface area contributed by atoms with Gasteiger partial charge >= 0.3 is 6.18 Å². The maximum Gasteiger partial charge on any atom is 0.416 e. The van der Waals surface area contributed by atoms with Gasteiger partial charge in [0.2, 0.25) is 0 Å². The Bertz CT molecular complexity index is 577. The van der Waals surface area contributed by atoms with E-state index in [0.29, 0.717) is 12.5 Å². The van der Waals surface area contributed by atoms with Crippen LogP contribution in [-0.2, 0) is 16.0 Å². The zero-order valence-electron chi connectivity index (χ0n) is 11.7. The molecular weight excluding hydrogens is 303 g/mol. The minimum absolute atomic E-state index is 0.0564. The van der Waals surface area contributed by atoms with E-state index in [1.54, 1.807) is 0 Å². The fourth-order valence-corrected chi connectivity index (χ4v) is 3.91. The number of sulfone groups is 1. The highest BCUT2D eigenvalue weighted by Crippen LogP contribution is 2.34. The summed E-state index contributed by atoms with van der Waals surface area (Å²) in [7, 11) is -3.58. The lowest BCUT2D eigenvalue weighted by Crippen LogP contribution is -2.37. The first-order valence-corrected chi connectivity index (χ1v) is 8.52. The van der Waals surface area contributed by atoms with E-state index in [1.165, 1.54) is 0 Å². The molecule has 1 saturated carbocycles. The van der Waals surface area contributed by atoms with Gasteiger partial charge in [-0.05, 0) is 49.6 Å².